The molecular weight excluding hydrogens is 352 g/mol. The van der Waals surface area contributed by atoms with E-state index in [0.717, 1.165) is 25.7 Å². The van der Waals surface area contributed by atoms with E-state index in [0.29, 0.717) is 24.7 Å². The van der Waals surface area contributed by atoms with Gasteiger partial charge in [-0.3, -0.25) is 9.59 Å². The van der Waals surface area contributed by atoms with E-state index >= 15 is 0 Å². The van der Waals surface area contributed by atoms with Crippen LogP contribution in [0.15, 0.2) is 10.2 Å². The Labute approximate surface area is 170 Å². The summed E-state index contributed by atoms with van der Waals surface area (Å²) in [4.78, 5) is 23.5. The molecule has 6 nitrogen and oxygen atoms in total. The number of hydrogen-bond acceptors (Lipinski definition) is 4. The summed E-state index contributed by atoms with van der Waals surface area (Å²) in [5, 5.41) is 8.21. The van der Waals surface area contributed by atoms with Crippen molar-refractivity contribution < 1.29 is 9.59 Å². The van der Waals surface area contributed by atoms with Gasteiger partial charge in [0.05, 0.1) is 0 Å². The predicted molar refractivity (Wildman–Crippen MR) is 114 cm³/mol. The number of unbranched alkanes of at least 4 members (excludes halogenated alkanes) is 3. The smallest absolute Gasteiger partial charge is 0.240 e. The quantitative estimate of drug-likeness (QED) is 0.305. The highest BCUT2D eigenvalue weighted by Gasteiger charge is 2.11. The summed E-state index contributed by atoms with van der Waals surface area (Å²) in [6.45, 7) is 0. The first-order chi connectivity index (χ1) is 13.7. The van der Waals surface area contributed by atoms with Gasteiger partial charge in [-0.1, -0.05) is 51.4 Å². The number of carbonyl (C=O) groups excluding carboxylic acids is 2. The lowest BCUT2D eigenvalue weighted by Crippen LogP contribution is -2.19. The predicted octanol–water partition coefficient (Wildman–Crippen LogP) is 4.69. The summed E-state index contributed by atoms with van der Waals surface area (Å²) in [6.07, 6.45) is 20.9. The number of amides is 2. The Morgan fingerprint density at radius 1 is 0.643 bits per heavy atom. The van der Waals surface area contributed by atoms with Crippen LogP contribution in [-0.2, 0) is 9.59 Å². The molecule has 0 unspecified atom stereocenters. The van der Waals surface area contributed by atoms with E-state index in [9.17, 15) is 9.59 Å². The molecule has 158 valence electrons. The Kier molecular flexibility index (Phi) is 11.5. The second-order valence-corrected chi connectivity index (χ2v) is 8.34. The fourth-order valence-electron chi connectivity index (χ4n) is 4.03. The van der Waals surface area contributed by atoms with Gasteiger partial charge in [0.15, 0.2) is 0 Å². The molecule has 2 N–H and O–H groups in total. The lowest BCUT2D eigenvalue weighted by molar-refractivity contribution is -0.122. The van der Waals surface area contributed by atoms with Gasteiger partial charge in [-0.15, -0.1) is 0 Å². The molecule has 2 amide bonds. The average molecular weight is 391 g/mol. The fourth-order valence-corrected chi connectivity index (χ4v) is 4.03. The van der Waals surface area contributed by atoms with Gasteiger partial charge in [0.25, 0.3) is 0 Å². The van der Waals surface area contributed by atoms with Crippen molar-refractivity contribution in [3.8, 4) is 0 Å². The molecule has 0 aromatic heterocycles. The molecule has 0 saturated heterocycles. The van der Waals surface area contributed by atoms with Gasteiger partial charge in [0.2, 0.25) is 11.8 Å². The Bertz CT molecular complexity index is 461. The third-order valence-corrected chi connectivity index (χ3v) is 5.81. The first-order valence-electron chi connectivity index (χ1n) is 11.4. The third kappa shape index (κ3) is 10.6. The highest BCUT2D eigenvalue weighted by molar-refractivity contribution is 5.77. The molecule has 0 atom stereocenters. The molecule has 0 radical (unpaired) electrons. The first-order valence-corrected chi connectivity index (χ1v) is 11.4. The van der Waals surface area contributed by atoms with Crippen LogP contribution < -0.4 is 10.9 Å². The minimum atomic E-state index is -0.0122. The van der Waals surface area contributed by atoms with Crippen LogP contribution in [0.1, 0.15) is 103 Å². The molecule has 0 spiro atoms. The van der Waals surface area contributed by atoms with Crippen molar-refractivity contribution in [3.05, 3.63) is 0 Å². The van der Waals surface area contributed by atoms with Crippen LogP contribution in [0.5, 0.6) is 0 Å². The van der Waals surface area contributed by atoms with Gasteiger partial charge < -0.3 is 0 Å². The maximum Gasteiger partial charge on any atom is 0.240 e. The normalized spacial score (nSPS) is 19.3. The lowest BCUT2D eigenvalue weighted by atomic mass is 9.90. The Morgan fingerprint density at radius 2 is 1.04 bits per heavy atom. The van der Waals surface area contributed by atoms with Crippen molar-refractivity contribution in [2.75, 3.05) is 0 Å². The molecule has 28 heavy (non-hydrogen) atoms. The molecule has 2 aliphatic rings. The molecule has 0 aromatic rings. The highest BCUT2D eigenvalue weighted by atomic mass is 16.2. The van der Waals surface area contributed by atoms with Crippen molar-refractivity contribution in [2.24, 2.45) is 22.0 Å². The molecule has 2 saturated carbocycles. The van der Waals surface area contributed by atoms with E-state index in [1.165, 1.54) is 64.2 Å². The van der Waals surface area contributed by atoms with Crippen LogP contribution in [0.25, 0.3) is 0 Å². The number of hydrogen-bond donors (Lipinski definition) is 2. The third-order valence-electron chi connectivity index (χ3n) is 5.81. The maximum atomic E-state index is 11.8. The number of rotatable bonds is 11. The minimum Gasteiger partial charge on any atom is -0.273 e. The summed E-state index contributed by atoms with van der Waals surface area (Å²) in [7, 11) is 0. The Balaban J connectivity index is 1.41. The minimum absolute atomic E-state index is 0.0122. The van der Waals surface area contributed by atoms with Crippen LogP contribution in [0.3, 0.4) is 0 Å². The zero-order valence-corrected chi connectivity index (χ0v) is 17.3. The zero-order chi connectivity index (χ0) is 19.9. The summed E-state index contributed by atoms with van der Waals surface area (Å²) in [5.74, 6) is 1.04. The van der Waals surface area contributed by atoms with Gasteiger partial charge in [0.1, 0.15) is 0 Å². The highest BCUT2D eigenvalue weighted by Crippen LogP contribution is 2.22. The zero-order valence-electron chi connectivity index (χ0n) is 17.3. The monoisotopic (exact) mass is 390 g/mol. The SMILES string of the molecule is O=C(CCCCCCC(=O)NN=CC1CCCCC1)NN=CC1CCCCC1. The van der Waals surface area contributed by atoms with E-state index in [4.69, 9.17) is 0 Å². The van der Waals surface area contributed by atoms with Gasteiger partial charge in [0, 0.05) is 25.3 Å². The molecule has 0 bridgehead atoms. The van der Waals surface area contributed by atoms with Gasteiger partial charge in [-0.05, 0) is 50.4 Å². The number of carbonyl (C=O) groups is 2. The Morgan fingerprint density at radius 3 is 1.43 bits per heavy atom. The summed E-state index contributed by atoms with van der Waals surface area (Å²) in [5.41, 5.74) is 5.28. The van der Waals surface area contributed by atoms with E-state index < -0.39 is 0 Å². The van der Waals surface area contributed by atoms with Gasteiger partial charge in [-0.25, -0.2) is 10.9 Å². The molecule has 6 heteroatoms. The Hall–Kier alpha value is -1.72. The van der Waals surface area contributed by atoms with E-state index in [2.05, 4.69) is 21.1 Å². The van der Waals surface area contributed by atoms with E-state index in [-0.39, 0.29) is 11.8 Å². The largest absolute Gasteiger partial charge is 0.273 e. The molecular formula is C22H38N4O2. The van der Waals surface area contributed by atoms with Gasteiger partial charge >= 0.3 is 0 Å². The summed E-state index contributed by atoms with van der Waals surface area (Å²) >= 11 is 0. The van der Waals surface area contributed by atoms with Crippen LogP contribution >= 0.6 is 0 Å². The van der Waals surface area contributed by atoms with Crippen LogP contribution in [-0.4, -0.2) is 24.2 Å². The lowest BCUT2D eigenvalue weighted by Gasteiger charge is -2.16. The molecule has 0 aromatic carbocycles. The van der Waals surface area contributed by atoms with Crippen LogP contribution in [0, 0.1) is 11.8 Å². The summed E-state index contributed by atoms with van der Waals surface area (Å²) < 4.78 is 0. The second-order valence-electron chi connectivity index (χ2n) is 8.34. The molecule has 2 aliphatic carbocycles. The molecule has 0 aliphatic heterocycles. The van der Waals surface area contributed by atoms with Crippen molar-refractivity contribution in [1.29, 1.82) is 0 Å². The first kappa shape index (κ1) is 22.6. The van der Waals surface area contributed by atoms with Crippen molar-refractivity contribution in [3.63, 3.8) is 0 Å². The molecule has 2 fully saturated rings. The topological polar surface area (TPSA) is 82.9 Å². The molecule has 2 rings (SSSR count). The number of nitrogens with zero attached hydrogens (tertiary/aromatic N) is 2. The van der Waals surface area contributed by atoms with Crippen LogP contribution in [0.4, 0.5) is 0 Å². The standard InChI is InChI=1S/C22H38N4O2/c27-21(25-23-17-19-11-5-3-6-12-19)15-9-1-2-10-16-22(28)26-24-18-20-13-7-4-8-14-20/h17-20H,1-16H2,(H,25,27)(H,26,28). The maximum absolute atomic E-state index is 11.8. The van der Waals surface area contributed by atoms with E-state index in [1.54, 1.807) is 0 Å². The van der Waals surface area contributed by atoms with Gasteiger partial charge in [-0.2, -0.15) is 10.2 Å². The molecule has 0 heterocycles. The van der Waals surface area contributed by atoms with E-state index in [1.807, 2.05) is 12.4 Å². The fraction of sp³-hybridized carbons (Fsp3) is 0.818. The number of hydrazone groups is 2. The van der Waals surface area contributed by atoms with Crippen molar-refractivity contribution >= 4 is 24.2 Å². The van der Waals surface area contributed by atoms with Crippen molar-refractivity contribution in [2.45, 2.75) is 103 Å². The van der Waals surface area contributed by atoms with Crippen LogP contribution in [0.2, 0.25) is 0 Å². The number of nitrogens with one attached hydrogen (secondary N) is 2. The van der Waals surface area contributed by atoms with Crippen molar-refractivity contribution in [1.82, 2.24) is 10.9 Å². The summed E-state index contributed by atoms with van der Waals surface area (Å²) in [6, 6.07) is 0. The second kappa shape index (κ2) is 14.3. The average Bonchev–Trinajstić information content (AvgIpc) is 2.72.